The molecule has 100 valence electrons. The van der Waals surface area contributed by atoms with Crippen LogP contribution in [0.15, 0.2) is 0 Å². The molecule has 0 amide bonds. The van der Waals surface area contributed by atoms with E-state index in [9.17, 15) is 0 Å². The molecule has 2 unspecified atom stereocenters. The molecule has 1 heterocycles. The van der Waals surface area contributed by atoms with E-state index in [1.807, 2.05) is 0 Å². The standard InChI is InChI=1S/C14H28N2O/c1-5-17-13-6-12(7-13)16-9-14(10(2)3)15-8-11(16)4/h10-15H,5-9H2,1-4H3. The molecule has 0 radical (unpaired) electrons. The van der Waals surface area contributed by atoms with Gasteiger partial charge in [0.1, 0.15) is 0 Å². The lowest BCUT2D eigenvalue weighted by Crippen LogP contribution is -2.62. The lowest BCUT2D eigenvalue weighted by Gasteiger charge is -2.50. The lowest BCUT2D eigenvalue weighted by molar-refractivity contribution is -0.0659. The number of ether oxygens (including phenoxy) is 1. The van der Waals surface area contributed by atoms with Gasteiger partial charge in [-0.2, -0.15) is 0 Å². The molecule has 0 aromatic carbocycles. The van der Waals surface area contributed by atoms with Crippen molar-refractivity contribution in [3.63, 3.8) is 0 Å². The molecular formula is C14H28N2O. The van der Waals surface area contributed by atoms with Crippen molar-refractivity contribution >= 4 is 0 Å². The zero-order valence-corrected chi connectivity index (χ0v) is 11.8. The van der Waals surface area contributed by atoms with Crippen molar-refractivity contribution in [2.24, 2.45) is 5.92 Å². The maximum atomic E-state index is 5.67. The molecular weight excluding hydrogens is 212 g/mol. The molecule has 2 atom stereocenters. The molecule has 0 aromatic heterocycles. The smallest absolute Gasteiger partial charge is 0.0604 e. The van der Waals surface area contributed by atoms with Gasteiger partial charge in [0.15, 0.2) is 0 Å². The fourth-order valence-corrected chi connectivity index (χ4v) is 3.05. The third-order valence-electron chi connectivity index (χ3n) is 4.40. The average Bonchev–Trinajstić information content (AvgIpc) is 2.24. The molecule has 1 N–H and O–H groups in total. The van der Waals surface area contributed by atoms with Gasteiger partial charge in [0.05, 0.1) is 6.10 Å². The number of rotatable bonds is 4. The molecule has 2 fully saturated rings. The number of nitrogens with zero attached hydrogens (tertiary/aromatic N) is 1. The van der Waals surface area contributed by atoms with Crippen molar-refractivity contribution in [1.29, 1.82) is 0 Å². The minimum atomic E-state index is 0.532. The third-order valence-corrected chi connectivity index (χ3v) is 4.40. The highest BCUT2D eigenvalue weighted by molar-refractivity contribution is 4.95. The molecule has 1 saturated carbocycles. The molecule has 0 aromatic rings. The molecule has 2 aliphatic rings. The van der Waals surface area contributed by atoms with Gasteiger partial charge >= 0.3 is 0 Å². The highest BCUT2D eigenvalue weighted by atomic mass is 16.5. The molecule has 0 spiro atoms. The van der Waals surface area contributed by atoms with E-state index in [4.69, 9.17) is 4.74 Å². The van der Waals surface area contributed by atoms with E-state index < -0.39 is 0 Å². The van der Waals surface area contributed by atoms with E-state index in [1.54, 1.807) is 0 Å². The van der Waals surface area contributed by atoms with Crippen LogP contribution in [-0.2, 0) is 4.74 Å². The van der Waals surface area contributed by atoms with Gasteiger partial charge in [0, 0.05) is 37.8 Å². The average molecular weight is 240 g/mol. The van der Waals surface area contributed by atoms with Crippen LogP contribution in [0.4, 0.5) is 0 Å². The largest absolute Gasteiger partial charge is 0.378 e. The molecule has 1 aliphatic heterocycles. The first-order valence-electron chi connectivity index (χ1n) is 7.22. The number of hydrogen-bond acceptors (Lipinski definition) is 3. The summed E-state index contributed by atoms with van der Waals surface area (Å²) in [5, 5.41) is 3.66. The summed E-state index contributed by atoms with van der Waals surface area (Å²) in [4.78, 5) is 2.71. The van der Waals surface area contributed by atoms with Crippen LogP contribution < -0.4 is 5.32 Å². The predicted molar refractivity (Wildman–Crippen MR) is 71.2 cm³/mol. The zero-order valence-electron chi connectivity index (χ0n) is 11.8. The van der Waals surface area contributed by atoms with Gasteiger partial charge in [-0.3, -0.25) is 4.90 Å². The van der Waals surface area contributed by atoms with E-state index in [1.165, 1.54) is 19.4 Å². The van der Waals surface area contributed by atoms with Crippen molar-refractivity contribution in [2.45, 2.75) is 64.8 Å². The Labute approximate surface area is 106 Å². The fourth-order valence-electron chi connectivity index (χ4n) is 3.05. The van der Waals surface area contributed by atoms with Crippen molar-refractivity contribution < 1.29 is 4.74 Å². The van der Waals surface area contributed by atoms with Gasteiger partial charge < -0.3 is 10.1 Å². The summed E-state index contributed by atoms with van der Waals surface area (Å²) in [5.41, 5.74) is 0. The van der Waals surface area contributed by atoms with Crippen LogP contribution in [0, 0.1) is 5.92 Å². The van der Waals surface area contributed by atoms with E-state index in [-0.39, 0.29) is 0 Å². The number of piperazine rings is 1. The minimum absolute atomic E-state index is 0.532. The van der Waals surface area contributed by atoms with E-state index in [0.717, 1.165) is 25.1 Å². The summed E-state index contributed by atoms with van der Waals surface area (Å²) in [6, 6.07) is 2.11. The first-order valence-corrected chi connectivity index (χ1v) is 7.22. The first-order chi connectivity index (χ1) is 8.11. The van der Waals surface area contributed by atoms with Crippen LogP contribution in [0.3, 0.4) is 0 Å². The molecule has 0 bridgehead atoms. The van der Waals surface area contributed by atoms with Gasteiger partial charge in [0.25, 0.3) is 0 Å². The Morgan fingerprint density at radius 2 is 2.06 bits per heavy atom. The lowest BCUT2D eigenvalue weighted by atomic mass is 9.85. The molecule has 2 rings (SSSR count). The van der Waals surface area contributed by atoms with Gasteiger partial charge in [-0.05, 0) is 32.6 Å². The SMILES string of the molecule is CCOC1CC(N2CC(C(C)C)NCC2C)C1. The van der Waals surface area contributed by atoms with Gasteiger partial charge in [0.2, 0.25) is 0 Å². The van der Waals surface area contributed by atoms with Crippen molar-refractivity contribution in [1.82, 2.24) is 10.2 Å². The number of hydrogen-bond donors (Lipinski definition) is 1. The van der Waals surface area contributed by atoms with E-state index in [2.05, 4.69) is 37.9 Å². The minimum Gasteiger partial charge on any atom is -0.378 e. The van der Waals surface area contributed by atoms with Crippen LogP contribution >= 0.6 is 0 Å². The van der Waals surface area contributed by atoms with Gasteiger partial charge in [-0.25, -0.2) is 0 Å². The molecule has 3 heteroatoms. The Balaban J connectivity index is 1.83. The van der Waals surface area contributed by atoms with E-state index >= 15 is 0 Å². The Kier molecular flexibility index (Phi) is 4.45. The maximum Gasteiger partial charge on any atom is 0.0604 e. The monoisotopic (exact) mass is 240 g/mol. The quantitative estimate of drug-likeness (QED) is 0.812. The zero-order chi connectivity index (χ0) is 12.4. The molecule has 3 nitrogen and oxygen atoms in total. The Morgan fingerprint density at radius 1 is 1.35 bits per heavy atom. The van der Waals surface area contributed by atoms with Crippen LogP contribution in [0.25, 0.3) is 0 Å². The summed E-state index contributed by atoms with van der Waals surface area (Å²) in [5.74, 6) is 0.729. The van der Waals surface area contributed by atoms with Crippen LogP contribution in [0.2, 0.25) is 0 Å². The summed E-state index contributed by atoms with van der Waals surface area (Å²) in [7, 11) is 0. The van der Waals surface area contributed by atoms with Crippen LogP contribution in [0.1, 0.15) is 40.5 Å². The summed E-state index contributed by atoms with van der Waals surface area (Å²) in [6.45, 7) is 12.3. The Bertz CT molecular complexity index is 238. The summed E-state index contributed by atoms with van der Waals surface area (Å²) >= 11 is 0. The highest BCUT2D eigenvalue weighted by Gasteiger charge is 2.39. The molecule has 1 aliphatic carbocycles. The van der Waals surface area contributed by atoms with Crippen molar-refractivity contribution in [3.8, 4) is 0 Å². The van der Waals surface area contributed by atoms with E-state index in [0.29, 0.717) is 18.2 Å². The molecule has 17 heavy (non-hydrogen) atoms. The second-order valence-electron chi connectivity index (χ2n) is 6.01. The first kappa shape index (κ1) is 13.3. The third kappa shape index (κ3) is 3.01. The summed E-state index contributed by atoms with van der Waals surface area (Å²) in [6.07, 6.45) is 3.01. The van der Waals surface area contributed by atoms with Crippen LogP contribution in [-0.4, -0.2) is 48.8 Å². The number of nitrogens with one attached hydrogen (secondary N) is 1. The van der Waals surface area contributed by atoms with Gasteiger partial charge in [-0.1, -0.05) is 13.8 Å². The van der Waals surface area contributed by atoms with Crippen molar-refractivity contribution in [3.05, 3.63) is 0 Å². The second kappa shape index (κ2) is 5.68. The van der Waals surface area contributed by atoms with Crippen molar-refractivity contribution in [2.75, 3.05) is 19.7 Å². The predicted octanol–water partition coefficient (Wildman–Crippen LogP) is 1.87. The fraction of sp³-hybridized carbons (Fsp3) is 1.00. The normalized spacial score (nSPS) is 39.4. The Hall–Kier alpha value is -0.120. The molecule has 1 saturated heterocycles. The van der Waals surface area contributed by atoms with Gasteiger partial charge in [-0.15, -0.1) is 0 Å². The highest BCUT2D eigenvalue weighted by Crippen LogP contribution is 2.31. The maximum absolute atomic E-state index is 5.67. The summed E-state index contributed by atoms with van der Waals surface area (Å²) < 4.78 is 5.67. The topological polar surface area (TPSA) is 24.5 Å². The van der Waals surface area contributed by atoms with Crippen LogP contribution in [0.5, 0.6) is 0 Å². The second-order valence-corrected chi connectivity index (χ2v) is 6.01. The Morgan fingerprint density at radius 3 is 2.65 bits per heavy atom.